The topological polar surface area (TPSA) is 98.1 Å². The van der Waals surface area contributed by atoms with Gasteiger partial charge in [0.2, 0.25) is 15.7 Å². The van der Waals surface area contributed by atoms with Crippen molar-refractivity contribution in [2.45, 2.75) is 36.2 Å². The molecular weight excluding hydrogens is 409 g/mol. The lowest BCUT2D eigenvalue weighted by Gasteiger charge is -2.10. The van der Waals surface area contributed by atoms with Crippen LogP contribution in [0.25, 0.3) is 0 Å². The largest absolute Gasteiger partial charge is 0.322 e. The van der Waals surface area contributed by atoms with Crippen LogP contribution in [0.2, 0.25) is 0 Å². The van der Waals surface area contributed by atoms with Crippen molar-refractivity contribution in [3.8, 4) is 0 Å². The van der Waals surface area contributed by atoms with Crippen molar-refractivity contribution in [2.24, 2.45) is 0 Å². The maximum atomic E-state index is 13.7. The molecule has 2 aromatic carbocycles. The zero-order valence-corrected chi connectivity index (χ0v) is 17.2. The van der Waals surface area contributed by atoms with Gasteiger partial charge in [-0.3, -0.25) is 9.59 Å². The van der Waals surface area contributed by atoms with Crippen molar-refractivity contribution in [2.75, 3.05) is 5.32 Å². The Hall–Kier alpha value is -3.33. The molecule has 0 fully saturated rings. The molecule has 1 heterocycles. The monoisotopic (exact) mass is 429 g/mol. The summed E-state index contributed by atoms with van der Waals surface area (Å²) < 4.78 is 40.1. The molecule has 156 valence electrons. The highest BCUT2D eigenvalue weighted by atomic mass is 32.2. The van der Waals surface area contributed by atoms with E-state index in [1.165, 1.54) is 30.3 Å². The number of carbonyl (C=O) groups is 1. The van der Waals surface area contributed by atoms with Gasteiger partial charge in [-0.2, -0.15) is 5.10 Å². The zero-order valence-electron chi connectivity index (χ0n) is 16.4. The van der Waals surface area contributed by atoms with Crippen molar-refractivity contribution < 1.29 is 17.6 Å². The average Bonchev–Trinajstić information content (AvgIpc) is 2.71. The van der Waals surface area contributed by atoms with Gasteiger partial charge in [-0.1, -0.05) is 38.1 Å². The lowest BCUT2D eigenvalue weighted by molar-refractivity contribution is -0.117. The van der Waals surface area contributed by atoms with Gasteiger partial charge < -0.3 is 5.32 Å². The van der Waals surface area contributed by atoms with Crippen LogP contribution in [0.15, 0.2) is 75.4 Å². The molecule has 0 unspecified atom stereocenters. The molecule has 0 radical (unpaired) electrons. The molecule has 0 aliphatic heterocycles. The van der Waals surface area contributed by atoms with E-state index < -0.39 is 33.7 Å². The Labute approximate surface area is 173 Å². The van der Waals surface area contributed by atoms with E-state index in [2.05, 4.69) is 10.4 Å². The van der Waals surface area contributed by atoms with E-state index in [1.807, 2.05) is 13.8 Å². The first kappa shape index (κ1) is 21.4. The number of nitrogens with one attached hydrogen (secondary N) is 1. The molecule has 1 amide bonds. The molecule has 1 N–H and O–H groups in total. The summed E-state index contributed by atoms with van der Waals surface area (Å²) in [4.78, 5) is 24.3. The van der Waals surface area contributed by atoms with Gasteiger partial charge in [0.05, 0.1) is 10.6 Å². The van der Waals surface area contributed by atoms with Crippen LogP contribution in [-0.4, -0.2) is 24.1 Å². The second-order valence-electron chi connectivity index (χ2n) is 6.92. The standard InChI is InChI=1S/C21H20FN3O4S/c1-14(2)15-7-9-16(10-8-15)30(28,29)20-11-12-21(27)25(24-20)13-19(26)23-18-6-4-3-5-17(18)22/h3-12,14H,13H2,1-2H3,(H,23,26). The van der Waals surface area contributed by atoms with Gasteiger partial charge in [0.25, 0.3) is 5.56 Å². The van der Waals surface area contributed by atoms with Gasteiger partial charge >= 0.3 is 0 Å². The lowest BCUT2D eigenvalue weighted by Crippen LogP contribution is -2.30. The van der Waals surface area contributed by atoms with Crippen molar-refractivity contribution >= 4 is 21.4 Å². The van der Waals surface area contributed by atoms with Gasteiger partial charge in [0.15, 0.2) is 5.03 Å². The summed E-state index contributed by atoms with van der Waals surface area (Å²) in [5.41, 5.74) is 0.272. The third kappa shape index (κ3) is 4.62. The normalized spacial score (nSPS) is 11.5. The summed E-state index contributed by atoms with van der Waals surface area (Å²) in [6, 6.07) is 14.1. The minimum atomic E-state index is -3.98. The second kappa shape index (κ2) is 8.58. The fraction of sp³-hybridized carbons (Fsp3) is 0.190. The van der Waals surface area contributed by atoms with E-state index in [0.717, 1.165) is 22.4 Å². The summed E-state index contributed by atoms with van der Waals surface area (Å²) in [5.74, 6) is -1.10. The van der Waals surface area contributed by atoms with E-state index in [4.69, 9.17) is 0 Å². The van der Waals surface area contributed by atoms with Crippen LogP contribution < -0.4 is 10.9 Å². The van der Waals surface area contributed by atoms with Crippen LogP contribution in [0, 0.1) is 5.82 Å². The molecule has 0 atom stereocenters. The Balaban J connectivity index is 1.86. The number of para-hydroxylation sites is 1. The van der Waals surface area contributed by atoms with Crippen molar-refractivity contribution in [1.29, 1.82) is 0 Å². The lowest BCUT2D eigenvalue weighted by atomic mass is 10.0. The predicted octanol–water partition coefficient (Wildman–Crippen LogP) is 2.98. The minimum absolute atomic E-state index is 0.0282. The number of anilines is 1. The van der Waals surface area contributed by atoms with Gasteiger partial charge in [0, 0.05) is 6.07 Å². The Morgan fingerprint density at radius 2 is 1.73 bits per heavy atom. The predicted molar refractivity (Wildman–Crippen MR) is 110 cm³/mol. The van der Waals surface area contributed by atoms with E-state index in [-0.39, 0.29) is 21.5 Å². The Morgan fingerprint density at radius 1 is 1.07 bits per heavy atom. The number of rotatable bonds is 6. The minimum Gasteiger partial charge on any atom is -0.322 e. The number of carbonyl (C=O) groups excluding carboxylic acids is 1. The van der Waals surface area contributed by atoms with E-state index in [9.17, 15) is 22.4 Å². The molecule has 3 aromatic rings. The number of benzene rings is 2. The van der Waals surface area contributed by atoms with Crippen molar-refractivity contribution in [3.63, 3.8) is 0 Å². The summed E-state index contributed by atoms with van der Waals surface area (Å²) in [6.45, 7) is 3.42. The van der Waals surface area contributed by atoms with Crippen LogP contribution in [0.5, 0.6) is 0 Å². The number of halogens is 1. The van der Waals surface area contributed by atoms with Crippen LogP contribution in [-0.2, 0) is 21.2 Å². The third-order valence-corrected chi connectivity index (χ3v) is 6.08. The SMILES string of the molecule is CC(C)c1ccc(S(=O)(=O)c2ccc(=O)n(CC(=O)Nc3ccccc3F)n2)cc1. The molecule has 30 heavy (non-hydrogen) atoms. The third-order valence-electron chi connectivity index (χ3n) is 4.42. The molecule has 7 nitrogen and oxygen atoms in total. The number of amides is 1. The second-order valence-corrected chi connectivity index (χ2v) is 8.82. The molecule has 3 rings (SSSR count). The number of nitrogens with zero attached hydrogens (tertiary/aromatic N) is 2. The van der Waals surface area contributed by atoms with Gasteiger partial charge in [-0.15, -0.1) is 0 Å². The first-order valence-electron chi connectivity index (χ1n) is 9.16. The molecule has 9 heteroatoms. The molecule has 0 saturated heterocycles. The maximum Gasteiger partial charge on any atom is 0.267 e. The Kier molecular flexibility index (Phi) is 6.12. The molecule has 1 aromatic heterocycles. The average molecular weight is 429 g/mol. The highest BCUT2D eigenvalue weighted by Gasteiger charge is 2.21. The molecule has 0 bridgehead atoms. The van der Waals surface area contributed by atoms with Crippen LogP contribution in [0.1, 0.15) is 25.3 Å². The Bertz CT molecular complexity index is 1240. The van der Waals surface area contributed by atoms with Gasteiger partial charge in [0.1, 0.15) is 12.4 Å². The number of hydrogen-bond acceptors (Lipinski definition) is 5. The summed E-state index contributed by atoms with van der Waals surface area (Å²) in [5, 5.41) is 5.81. The summed E-state index contributed by atoms with van der Waals surface area (Å²) >= 11 is 0. The maximum absolute atomic E-state index is 13.7. The summed E-state index contributed by atoms with van der Waals surface area (Å²) in [7, 11) is -3.98. The molecule has 0 aliphatic carbocycles. The van der Waals surface area contributed by atoms with E-state index >= 15 is 0 Å². The number of hydrogen-bond donors (Lipinski definition) is 1. The van der Waals surface area contributed by atoms with Crippen LogP contribution in [0.3, 0.4) is 0 Å². The van der Waals surface area contributed by atoms with Gasteiger partial charge in [-0.25, -0.2) is 17.5 Å². The quantitative estimate of drug-likeness (QED) is 0.650. The highest BCUT2D eigenvalue weighted by molar-refractivity contribution is 7.91. The van der Waals surface area contributed by atoms with Crippen molar-refractivity contribution in [1.82, 2.24) is 9.78 Å². The van der Waals surface area contributed by atoms with Crippen LogP contribution >= 0.6 is 0 Å². The molecular formula is C21H20FN3O4S. The molecule has 0 saturated carbocycles. The smallest absolute Gasteiger partial charge is 0.267 e. The van der Waals surface area contributed by atoms with E-state index in [1.54, 1.807) is 18.2 Å². The zero-order chi connectivity index (χ0) is 21.9. The highest BCUT2D eigenvalue weighted by Crippen LogP contribution is 2.21. The molecule has 0 spiro atoms. The fourth-order valence-corrected chi connectivity index (χ4v) is 3.92. The van der Waals surface area contributed by atoms with Crippen molar-refractivity contribution in [3.05, 3.63) is 82.4 Å². The Morgan fingerprint density at radius 3 is 2.37 bits per heavy atom. The van der Waals surface area contributed by atoms with E-state index in [0.29, 0.717) is 0 Å². The first-order valence-corrected chi connectivity index (χ1v) is 10.6. The number of sulfone groups is 1. The summed E-state index contributed by atoms with van der Waals surface area (Å²) in [6.07, 6.45) is 0. The number of aromatic nitrogens is 2. The molecule has 0 aliphatic rings. The fourth-order valence-electron chi connectivity index (χ4n) is 2.73. The van der Waals surface area contributed by atoms with Gasteiger partial charge in [-0.05, 0) is 41.8 Å². The van der Waals surface area contributed by atoms with Crippen LogP contribution in [0.4, 0.5) is 10.1 Å². The first-order chi connectivity index (χ1) is 14.2.